The van der Waals surface area contributed by atoms with Crippen LogP contribution in [-0.2, 0) is 31.1 Å². The summed E-state index contributed by atoms with van der Waals surface area (Å²) in [6.07, 6.45) is 8.55. The summed E-state index contributed by atoms with van der Waals surface area (Å²) in [6.45, 7) is 0. The van der Waals surface area contributed by atoms with Crippen LogP contribution in [0.25, 0.3) is 0 Å². The molecule has 1 aliphatic rings. The highest BCUT2D eigenvalue weighted by atomic mass is 127. The molecule has 28 heavy (non-hydrogen) atoms. The maximum Gasteiger partial charge on any atom is 0.00396 e. The van der Waals surface area contributed by atoms with Gasteiger partial charge in [0.15, 0.2) is 0 Å². The number of hydrogen-bond acceptors (Lipinski definition) is 0. The SMILES string of the molecule is ICCCCc1ccc2c(c1)C(Cc1ccccc1)(Cc1ccccc1)CC2. The number of fused-ring (bicyclic) bond motifs is 1. The molecule has 0 aromatic heterocycles. The Labute approximate surface area is 183 Å². The second kappa shape index (κ2) is 9.26. The number of aryl methyl sites for hydroxylation is 2. The van der Waals surface area contributed by atoms with Gasteiger partial charge in [-0.2, -0.15) is 0 Å². The molecule has 0 nitrogen and oxygen atoms in total. The summed E-state index contributed by atoms with van der Waals surface area (Å²) in [4.78, 5) is 0. The van der Waals surface area contributed by atoms with Crippen LogP contribution >= 0.6 is 22.6 Å². The fraction of sp³-hybridized carbons (Fsp3) is 0.333. The summed E-state index contributed by atoms with van der Waals surface area (Å²) in [5.74, 6) is 0. The van der Waals surface area contributed by atoms with Crippen molar-refractivity contribution in [1.82, 2.24) is 0 Å². The first-order valence-corrected chi connectivity index (χ1v) is 12.1. The number of rotatable bonds is 8. The Bertz CT molecular complexity index is 841. The predicted molar refractivity (Wildman–Crippen MR) is 129 cm³/mol. The van der Waals surface area contributed by atoms with Crippen LogP contribution in [0, 0.1) is 0 Å². The van der Waals surface area contributed by atoms with Gasteiger partial charge in [-0.15, -0.1) is 0 Å². The molecule has 0 amide bonds. The summed E-state index contributed by atoms with van der Waals surface area (Å²) in [7, 11) is 0. The lowest BCUT2D eigenvalue weighted by molar-refractivity contribution is 0.417. The van der Waals surface area contributed by atoms with E-state index in [1.165, 1.54) is 53.2 Å². The molecular formula is C27H29I. The van der Waals surface area contributed by atoms with Crippen LogP contribution in [0.4, 0.5) is 0 Å². The summed E-state index contributed by atoms with van der Waals surface area (Å²) < 4.78 is 1.26. The first kappa shape index (κ1) is 19.7. The minimum Gasteiger partial charge on any atom is -0.0864 e. The fourth-order valence-electron chi connectivity index (χ4n) is 4.83. The van der Waals surface area contributed by atoms with Crippen molar-refractivity contribution in [1.29, 1.82) is 0 Å². The predicted octanol–water partition coefficient (Wildman–Crippen LogP) is 7.11. The van der Waals surface area contributed by atoms with Crippen molar-refractivity contribution >= 4 is 22.6 Å². The van der Waals surface area contributed by atoms with Crippen molar-refractivity contribution < 1.29 is 0 Å². The van der Waals surface area contributed by atoms with Crippen LogP contribution in [0.5, 0.6) is 0 Å². The smallest absolute Gasteiger partial charge is 0.00396 e. The van der Waals surface area contributed by atoms with Gasteiger partial charge in [-0.05, 0) is 77.2 Å². The standard InChI is InChI=1S/C27H29I/c28-18-8-7-9-22-14-15-25-16-17-27(26(25)19-22,20-23-10-3-1-4-11-23)21-24-12-5-2-6-13-24/h1-6,10-15,19H,7-9,16-18,20-21H2. The first-order chi connectivity index (χ1) is 13.8. The summed E-state index contributed by atoms with van der Waals surface area (Å²) in [5, 5.41) is 0. The van der Waals surface area contributed by atoms with Crippen molar-refractivity contribution in [2.24, 2.45) is 0 Å². The molecule has 0 bridgehead atoms. The van der Waals surface area contributed by atoms with E-state index in [0.29, 0.717) is 0 Å². The van der Waals surface area contributed by atoms with Gasteiger partial charge < -0.3 is 0 Å². The average Bonchev–Trinajstić information content (AvgIpc) is 3.07. The second-order valence-electron chi connectivity index (χ2n) is 8.24. The highest BCUT2D eigenvalue weighted by Gasteiger charge is 2.38. The second-order valence-corrected chi connectivity index (χ2v) is 9.32. The van der Waals surface area contributed by atoms with E-state index in [4.69, 9.17) is 0 Å². The van der Waals surface area contributed by atoms with Crippen LogP contribution < -0.4 is 0 Å². The normalized spacial score (nSPS) is 14.8. The van der Waals surface area contributed by atoms with E-state index in [0.717, 1.165) is 12.8 Å². The molecule has 0 N–H and O–H groups in total. The quantitative estimate of drug-likeness (QED) is 0.183. The van der Waals surface area contributed by atoms with Gasteiger partial charge >= 0.3 is 0 Å². The molecule has 1 heteroatoms. The van der Waals surface area contributed by atoms with Crippen LogP contribution in [0.3, 0.4) is 0 Å². The maximum absolute atomic E-state index is 2.56. The minimum absolute atomic E-state index is 0.220. The highest BCUT2D eigenvalue weighted by Crippen LogP contribution is 2.44. The first-order valence-electron chi connectivity index (χ1n) is 10.6. The van der Waals surface area contributed by atoms with E-state index >= 15 is 0 Å². The van der Waals surface area contributed by atoms with Crippen LogP contribution in [0.15, 0.2) is 78.9 Å². The van der Waals surface area contributed by atoms with Crippen molar-refractivity contribution in [2.45, 2.75) is 50.4 Å². The van der Waals surface area contributed by atoms with E-state index in [9.17, 15) is 0 Å². The Hall–Kier alpha value is -1.61. The third kappa shape index (κ3) is 4.51. The third-order valence-electron chi connectivity index (χ3n) is 6.24. The molecule has 4 rings (SSSR count). The lowest BCUT2D eigenvalue weighted by atomic mass is 9.72. The molecule has 0 aliphatic heterocycles. The summed E-state index contributed by atoms with van der Waals surface area (Å²) in [5.41, 5.74) is 7.85. The zero-order chi connectivity index (χ0) is 19.2. The highest BCUT2D eigenvalue weighted by molar-refractivity contribution is 14.1. The van der Waals surface area contributed by atoms with Crippen LogP contribution in [-0.4, -0.2) is 4.43 Å². The Morgan fingerprint density at radius 3 is 1.96 bits per heavy atom. The number of unbranched alkanes of at least 4 members (excludes halogenated alkanes) is 1. The van der Waals surface area contributed by atoms with Gasteiger partial charge in [0, 0.05) is 5.41 Å². The summed E-state index contributed by atoms with van der Waals surface area (Å²) >= 11 is 2.49. The van der Waals surface area contributed by atoms with Gasteiger partial charge in [-0.3, -0.25) is 0 Å². The zero-order valence-electron chi connectivity index (χ0n) is 16.5. The molecule has 1 aliphatic carbocycles. The largest absolute Gasteiger partial charge is 0.0864 e. The van der Waals surface area contributed by atoms with E-state index < -0.39 is 0 Å². The van der Waals surface area contributed by atoms with E-state index in [1.54, 1.807) is 11.1 Å². The van der Waals surface area contributed by atoms with Gasteiger partial charge in [0.2, 0.25) is 0 Å². The molecule has 0 heterocycles. The van der Waals surface area contributed by atoms with Crippen molar-refractivity contribution in [3.63, 3.8) is 0 Å². The Morgan fingerprint density at radius 2 is 1.36 bits per heavy atom. The van der Waals surface area contributed by atoms with Gasteiger partial charge in [0.05, 0.1) is 0 Å². The van der Waals surface area contributed by atoms with Crippen molar-refractivity contribution in [3.05, 3.63) is 107 Å². The number of benzene rings is 3. The molecule has 0 radical (unpaired) electrons. The lowest BCUT2D eigenvalue weighted by Crippen LogP contribution is -2.29. The molecular weight excluding hydrogens is 451 g/mol. The molecule has 0 saturated carbocycles. The van der Waals surface area contributed by atoms with Gasteiger partial charge in [-0.25, -0.2) is 0 Å². The van der Waals surface area contributed by atoms with E-state index in [-0.39, 0.29) is 5.41 Å². The number of halogens is 1. The minimum atomic E-state index is 0.220. The fourth-order valence-corrected chi connectivity index (χ4v) is 5.37. The molecule has 0 fully saturated rings. The van der Waals surface area contributed by atoms with Gasteiger partial charge in [0.25, 0.3) is 0 Å². The molecule has 3 aromatic carbocycles. The molecule has 0 saturated heterocycles. The molecule has 144 valence electrons. The number of alkyl halides is 1. The molecule has 0 unspecified atom stereocenters. The summed E-state index contributed by atoms with van der Waals surface area (Å²) in [6, 6.07) is 29.5. The third-order valence-corrected chi connectivity index (χ3v) is 7.00. The molecule has 3 aromatic rings. The maximum atomic E-state index is 2.56. The van der Waals surface area contributed by atoms with Gasteiger partial charge in [-0.1, -0.05) is 101 Å². The van der Waals surface area contributed by atoms with E-state index in [2.05, 4.69) is 101 Å². The van der Waals surface area contributed by atoms with Gasteiger partial charge in [0.1, 0.15) is 0 Å². The zero-order valence-corrected chi connectivity index (χ0v) is 18.7. The lowest BCUT2D eigenvalue weighted by Gasteiger charge is -2.32. The topological polar surface area (TPSA) is 0 Å². The average molecular weight is 480 g/mol. The Kier molecular flexibility index (Phi) is 6.51. The van der Waals surface area contributed by atoms with Crippen molar-refractivity contribution in [2.75, 3.05) is 4.43 Å². The Morgan fingerprint density at radius 1 is 0.714 bits per heavy atom. The molecule has 0 atom stereocenters. The monoisotopic (exact) mass is 480 g/mol. The number of hydrogen-bond donors (Lipinski definition) is 0. The van der Waals surface area contributed by atoms with E-state index in [1.807, 2.05) is 0 Å². The van der Waals surface area contributed by atoms with Crippen LogP contribution in [0.1, 0.15) is 47.1 Å². The molecule has 0 spiro atoms. The van der Waals surface area contributed by atoms with Crippen molar-refractivity contribution in [3.8, 4) is 0 Å². The van der Waals surface area contributed by atoms with Crippen LogP contribution in [0.2, 0.25) is 0 Å². The Balaban J connectivity index is 1.69.